The van der Waals surface area contributed by atoms with E-state index in [9.17, 15) is 14.4 Å². The summed E-state index contributed by atoms with van der Waals surface area (Å²) in [6, 6.07) is 5.79. The molecule has 0 radical (unpaired) electrons. The maximum absolute atomic E-state index is 12.9. The van der Waals surface area contributed by atoms with Crippen LogP contribution in [0.25, 0.3) is 0 Å². The van der Waals surface area contributed by atoms with Gasteiger partial charge in [-0.05, 0) is 43.9 Å². The summed E-state index contributed by atoms with van der Waals surface area (Å²) in [5.41, 5.74) is 3.08. The van der Waals surface area contributed by atoms with Gasteiger partial charge in [0, 0.05) is 23.8 Å². The fourth-order valence-electron chi connectivity index (χ4n) is 3.70. The van der Waals surface area contributed by atoms with E-state index in [4.69, 9.17) is 11.6 Å². The maximum atomic E-state index is 12.9. The zero-order valence-electron chi connectivity index (χ0n) is 15.5. The highest BCUT2D eigenvalue weighted by atomic mass is 35.5. The van der Waals surface area contributed by atoms with Crippen molar-refractivity contribution in [3.05, 3.63) is 49.9 Å². The number of ketones is 2. The average molecular weight is 405 g/mol. The quantitative estimate of drug-likeness (QED) is 0.769. The van der Waals surface area contributed by atoms with Crippen LogP contribution in [0.3, 0.4) is 0 Å². The van der Waals surface area contributed by atoms with Gasteiger partial charge in [0.2, 0.25) is 0 Å². The standard InChI is InChI=1S/C20H21ClN2O3S/c1-10-5-4-6-11(2)15(10)16-14(24)9-13(18(16)25)7-8-22-19(26)17-12(3)27-20(21)23-17/h4-6,13,16H,7-9H2,1-3H3,(H,22,26). The van der Waals surface area contributed by atoms with Gasteiger partial charge in [0.05, 0.1) is 0 Å². The number of carbonyl (C=O) groups is 3. The lowest BCUT2D eigenvalue weighted by Crippen LogP contribution is -2.28. The van der Waals surface area contributed by atoms with Gasteiger partial charge >= 0.3 is 0 Å². The van der Waals surface area contributed by atoms with E-state index < -0.39 is 5.92 Å². The van der Waals surface area contributed by atoms with Crippen LogP contribution in [0.4, 0.5) is 0 Å². The minimum Gasteiger partial charge on any atom is -0.351 e. The summed E-state index contributed by atoms with van der Waals surface area (Å²) in [6.45, 7) is 5.96. The maximum Gasteiger partial charge on any atom is 0.271 e. The fraction of sp³-hybridized carbons (Fsp3) is 0.400. The summed E-state index contributed by atoms with van der Waals surface area (Å²) < 4.78 is 0.325. The van der Waals surface area contributed by atoms with Crippen molar-refractivity contribution in [3.63, 3.8) is 0 Å². The Balaban J connectivity index is 1.64. The Hall–Kier alpha value is -2.05. The second-order valence-electron chi connectivity index (χ2n) is 6.92. The Bertz CT molecular complexity index is 902. The molecular formula is C20H21ClN2O3S. The van der Waals surface area contributed by atoms with E-state index >= 15 is 0 Å². The van der Waals surface area contributed by atoms with Crippen LogP contribution in [0.1, 0.15) is 50.8 Å². The lowest BCUT2D eigenvalue weighted by molar-refractivity contribution is -0.124. The zero-order valence-corrected chi connectivity index (χ0v) is 17.0. The first kappa shape index (κ1) is 19.7. The number of Topliss-reactive ketones (excluding diaryl/α,β-unsaturated/α-hetero) is 2. The van der Waals surface area contributed by atoms with Gasteiger partial charge in [0.15, 0.2) is 10.3 Å². The number of nitrogens with one attached hydrogen (secondary N) is 1. The molecular weight excluding hydrogens is 384 g/mol. The van der Waals surface area contributed by atoms with E-state index in [-0.39, 0.29) is 29.8 Å². The minimum atomic E-state index is -0.675. The molecule has 1 saturated carbocycles. The Morgan fingerprint density at radius 2 is 1.93 bits per heavy atom. The van der Waals surface area contributed by atoms with Crippen molar-refractivity contribution >= 4 is 40.4 Å². The highest BCUT2D eigenvalue weighted by Gasteiger charge is 2.42. The van der Waals surface area contributed by atoms with Gasteiger partial charge in [-0.3, -0.25) is 14.4 Å². The Labute approximate surface area is 167 Å². The molecule has 1 fully saturated rings. The fourth-order valence-corrected chi connectivity index (χ4v) is 4.76. The summed E-state index contributed by atoms with van der Waals surface area (Å²) in [7, 11) is 0. The van der Waals surface area contributed by atoms with Gasteiger partial charge in [-0.2, -0.15) is 0 Å². The lowest BCUT2D eigenvalue weighted by atomic mass is 9.87. The third-order valence-corrected chi connectivity index (χ3v) is 6.13. The number of aromatic nitrogens is 1. The molecule has 1 N–H and O–H groups in total. The number of halogens is 1. The molecule has 1 aromatic heterocycles. The number of hydrogen-bond donors (Lipinski definition) is 1. The molecule has 27 heavy (non-hydrogen) atoms. The molecule has 2 atom stereocenters. The summed E-state index contributed by atoms with van der Waals surface area (Å²) in [4.78, 5) is 42.4. The molecule has 0 saturated heterocycles. The minimum absolute atomic E-state index is 0.0316. The molecule has 0 aliphatic heterocycles. The molecule has 1 aliphatic carbocycles. The van der Waals surface area contributed by atoms with Crippen molar-refractivity contribution < 1.29 is 14.4 Å². The Morgan fingerprint density at radius 1 is 1.26 bits per heavy atom. The van der Waals surface area contributed by atoms with Crippen LogP contribution in [-0.2, 0) is 9.59 Å². The van der Waals surface area contributed by atoms with E-state index in [1.54, 1.807) is 6.92 Å². The molecule has 2 unspecified atom stereocenters. The SMILES string of the molecule is Cc1cccc(C)c1C1C(=O)CC(CCNC(=O)c2nc(Cl)sc2C)C1=O. The monoisotopic (exact) mass is 404 g/mol. The average Bonchev–Trinajstić information content (AvgIpc) is 3.07. The van der Waals surface area contributed by atoms with Crippen LogP contribution in [0.5, 0.6) is 0 Å². The van der Waals surface area contributed by atoms with Crippen LogP contribution < -0.4 is 5.32 Å². The van der Waals surface area contributed by atoms with Gasteiger partial charge in [-0.15, -0.1) is 11.3 Å². The van der Waals surface area contributed by atoms with Crippen LogP contribution in [0.15, 0.2) is 18.2 Å². The molecule has 1 aromatic carbocycles. The zero-order chi connectivity index (χ0) is 19.7. The van der Waals surface area contributed by atoms with E-state index in [1.165, 1.54) is 11.3 Å². The van der Waals surface area contributed by atoms with Crippen LogP contribution in [-0.4, -0.2) is 29.0 Å². The molecule has 0 bridgehead atoms. The smallest absolute Gasteiger partial charge is 0.271 e. The summed E-state index contributed by atoms with van der Waals surface area (Å²) >= 11 is 7.08. The van der Waals surface area contributed by atoms with Crippen LogP contribution in [0, 0.1) is 26.7 Å². The second-order valence-corrected chi connectivity index (χ2v) is 8.71. The number of hydrogen-bond acceptors (Lipinski definition) is 5. The first-order valence-electron chi connectivity index (χ1n) is 8.83. The second kappa shape index (κ2) is 7.90. The van der Waals surface area contributed by atoms with E-state index in [1.807, 2.05) is 32.0 Å². The van der Waals surface area contributed by atoms with Crippen molar-refractivity contribution in [2.75, 3.05) is 6.54 Å². The van der Waals surface area contributed by atoms with Crippen LogP contribution >= 0.6 is 22.9 Å². The number of aryl methyl sites for hydroxylation is 3. The van der Waals surface area contributed by atoms with Crippen molar-refractivity contribution in [3.8, 4) is 0 Å². The lowest BCUT2D eigenvalue weighted by Gasteiger charge is -2.15. The van der Waals surface area contributed by atoms with Crippen molar-refractivity contribution in [2.24, 2.45) is 5.92 Å². The summed E-state index contributed by atoms with van der Waals surface area (Å²) in [5, 5.41) is 2.78. The van der Waals surface area contributed by atoms with Gasteiger partial charge in [-0.1, -0.05) is 29.8 Å². The molecule has 3 rings (SSSR count). The molecule has 2 aromatic rings. The molecule has 1 heterocycles. The highest BCUT2D eigenvalue weighted by molar-refractivity contribution is 7.15. The van der Waals surface area contributed by atoms with E-state index in [0.29, 0.717) is 23.1 Å². The van der Waals surface area contributed by atoms with Gasteiger partial charge < -0.3 is 5.32 Å². The third-order valence-electron chi connectivity index (χ3n) is 5.05. The molecule has 1 amide bonds. The topological polar surface area (TPSA) is 76.1 Å². The first-order valence-corrected chi connectivity index (χ1v) is 10.0. The Morgan fingerprint density at radius 3 is 2.52 bits per heavy atom. The number of rotatable bonds is 5. The first-order chi connectivity index (χ1) is 12.8. The predicted octanol–water partition coefficient (Wildman–Crippen LogP) is 3.78. The van der Waals surface area contributed by atoms with Crippen molar-refractivity contribution in [1.29, 1.82) is 0 Å². The number of nitrogens with zero attached hydrogens (tertiary/aromatic N) is 1. The molecule has 7 heteroatoms. The number of amides is 1. The van der Waals surface area contributed by atoms with Gasteiger partial charge in [0.1, 0.15) is 17.4 Å². The van der Waals surface area contributed by atoms with Gasteiger partial charge in [0.25, 0.3) is 5.91 Å². The van der Waals surface area contributed by atoms with Crippen molar-refractivity contribution in [1.82, 2.24) is 10.3 Å². The molecule has 0 spiro atoms. The number of carbonyl (C=O) groups excluding carboxylic acids is 3. The third kappa shape index (κ3) is 3.96. The predicted molar refractivity (Wildman–Crippen MR) is 106 cm³/mol. The van der Waals surface area contributed by atoms with Crippen LogP contribution in [0.2, 0.25) is 4.47 Å². The Kier molecular flexibility index (Phi) is 5.77. The molecule has 142 valence electrons. The molecule has 1 aliphatic rings. The summed E-state index contributed by atoms with van der Waals surface area (Å²) in [6.07, 6.45) is 0.670. The van der Waals surface area contributed by atoms with E-state index in [2.05, 4.69) is 10.3 Å². The van der Waals surface area contributed by atoms with E-state index in [0.717, 1.165) is 21.6 Å². The number of benzene rings is 1. The molecule has 5 nitrogen and oxygen atoms in total. The summed E-state index contributed by atoms with van der Waals surface area (Å²) in [5.74, 6) is -1.41. The van der Waals surface area contributed by atoms with Crippen molar-refractivity contribution in [2.45, 2.75) is 39.5 Å². The number of thiazole rings is 1. The normalized spacial score (nSPS) is 19.6. The largest absolute Gasteiger partial charge is 0.351 e. The van der Waals surface area contributed by atoms with Gasteiger partial charge in [-0.25, -0.2) is 4.98 Å². The highest BCUT2D eigenvalue weighted by Crippen LogP contribution is 2.36.